The summed E-state index contributed by atoms with van der Waals surface area (Å²) in [6, 6.07) is 8.61. The van der Waals surface area contributed by atoms with Crippen LogP contribution in [0.1, 0.15) is 52.5 Å². The summed E-state index contributed by atoms with van der Waals surface area (Å²) < 4.78 is 6.58. The third-order valence-corrected chi connectivity index (χ3v) is 11.7. The molecule has 2 heterocycles. The first-order valence-electron chi connectivity index (χ1n) is 10.3. The fourth-order valence-electron chi connectivity index (χ4n) is 4.47. The first kappa shape index (κ1) is 20.6. The highest BCUT2D eigenvalue weighted by molar-refractivity contribution is 6.74. The number of likely N-dealkylation sites (N-methyl/N-ethyl adjacent to an activating group) is 1. The summed E-state index contributed by atoms with van der Waals surface area (Å²) in [5.41, 5.74) is 1.68. The lowest BCUT2D eigenvalue weighted by atomic mass is 9.86. The van der Waals surface area contributed by atoms with Gasteiger partial charge in [-0.3, -0.25) is 9.69 Å². The van der Waals surface area contributed by atoms with Crippen LogP contribution in [0.3, 0.4) is 0 Å². The Morgan fingerprint density at radius 1 is 1.26 bits per heavy atom. The lowest BCUT2D eigenvalue weighted by Gasteiger charge is -2.43. The van der Waals surface area contributed by atoms with E-state index in [0.717, 1.165) is 38.1 Å². The zero-order valence-electron chi connectivity index (χ0n) is 18.1. The predicted octanol–water partition coefficient (Wildman–Crippen LogP) is 4.75. The molecule has 1 aromatic rings. The van der Waals surface area contributed by atoms with Crippen LogP contribution in [0, 0.1) is 0 Å². The highest BCUT2D eigenvalue weighted by atomic mass is 28.4. The molecule has 2 aliphatic heterocycles. The lowest BCUT2D eigenvalue weighted by molar-refractivity contribution is -0.131. The molecule has 150 valence electrons. The van der Waals surface area contributed by atoms with Gasteiger partial charge in [-0.05, 0) is 50.0 Å². The molecule has 5 heteroatoms. The van der Waals surface area contributed by atoms with E-state index in [1.807, 2.05) is 18.0 Å². The molecule has 27 heavy (non-hydrogen) atoms. The first-order chi connectivity index (χ1) is 12.6. The maximum absolute atomic E-state index is 13.5. The van der Waals surface area contributed by atoms with Crippen LogP contribution in [0.15, 0.2) is 24.3 Å². The van der Waals surface area contributed by atoms with Gasteiger partial charge in [0.1, 0.15) is 5.54 Å². The minimum Gasteiger partial charge on any atom is -0.415 e. The molecule has 0 bridgehead atoms. The number of rotatable bonds is 5. The van der Waals surface area contributed by atoms with Gasteiger partial charge in [0, 0.05) is 30.9 Å². The molecule has 1 amide bonds. The molecule has 0 aliphatic carbocycles. The Hall–Kier alpha value is -1.17. The highest BCUT2D eigenvalue weighted by Crippen LogP contribution is 2.48. The van der Waals surface area contributed by atoms with Crippen LogP contribution < -0.4 is 4.90 Å². The van der Waals surface area contributed by atoms with Crippen LogP contribution >= 0.6 is 0 Å². The summed E-state index contributed by atoms with van der Waals surface area (Å²) in [6.45, 7) is 15.3. The maximum atomic E-state index is 13.5. The van der Waals surface area contributed by atoms with Gasteiger partial charge in [-0.25, -0.2) is 0 Å². The van der Waals surface area contributed by atoms with Crippen molar-refractivity contribution in [1.29, 1.82) is 0 Å². The Balaban J connectivity index is 1.91. The van der Waals surface area contributed by atoms with Gasteiger partial charge in [0.05, 0.1) is 0 Å². The quantitative estimate of drug-likeness (QED) is 0.682. The molecule has 0 spiro atoms. The molecular formula is C22H36N2O2Si. The van der Waals surface area contributed by atoms with Crippen molar-refractivity contribution in [2.24, 2.45) is 0 Å². The summed E-state index contributed by atoms with van der Waals surface area (Å²) in [5, 5.41) is 0.203. The van der Waals surface area contributed by atoms with E-state index in [4.69, 9.17) is 4.43 Å². The number of amides is 1. The molecule has 1 fully saturated rings. The van der Waals surface area contributed by atoms with E-state index in [1.165, 1.54) is 5.56 Å². The molecule has 3 rings (SSSR count). The van der Waals surface area contributed by atoms with E-state index in [0.29, 0.717) is 6.04 Å². The summed E-state index contributed by atoms with van der Waals surface area (Å²) in [6.07, 6.45) is 3.03. The second-order valence-corrected chi connectivity index (χ2v) is 14.5. The molecule has 4 nitrogen and oxygen atoms in total. The van der Waals surface area contributed by atoms with Crippen LogP contribution in [0.25, 0.3) is 0 Å². The number of fused-ring (bicyclic) bond motifs is 1. The SMILES string of the molecule is CCC1(N2CCCC2CO[Si](C)(C)C(C)(C)C)C(=O)N(C)c2ccccc21. The van der Waals surface area contributed by atoms with E-state index in [9.17, 15) is 4.79 Å². The van der Waals surface area contributed by atoms with Crippen LogP contribution in [0.2, 0.25) is 18.1 Å². The third kappa shape index (κ3) is 3.18. The smallest absolute Gasteiger partial charge is 0.251 e. The lowest BCUT2D eigenvalue weighted by Crippen LogP contribution is -2.56. The maximum Gasteiger partial charge on any atom is 0.251 e. The van der Waals surface area contributed by atoms with Crippen molar-refractivity contribution < 1.29 is 9.22 Å². The molecular weight excluding hydrogens is 352 g/mol. The van der Waals surface area contributed by atoms with E-state index >= 15 is 0 Å². The Kier molecular flexibility index (Phi) is 5.34. The van der Waals surface area contributed by atoms with Gasteiger partial charge >= 0.3 is 0 Å². The number of carbonyl (C=O) groups excluding carboxylic acids is 1. The minimum absolute atomic E-state index is 0.203. The number of carbonyl (C=O) groups is 1. The fourth-order valence-corrected chi connectivity index (χ4v) is 5.51. The van der Waals surface area contributed by atoms with Crippen LogP contribution in [0.5, 0.6) is 0 Å². The van der Waals surface area contributed by atoms with Crippen molar-refractivity contribution >= 4 is 19.9 Å². The van der Waals surface area contributed by atoms with Crippen molar-refractivity contribution in [3.8, 4) is 0 Å². The Bertz CT molecular complexity index is 713. The summed E-state index contributed by atoms with van der Waals surface area (Å²) in [4.78, 5) is 17.8. The number of hydrogen-bond donors (Lipinski definition) is 0. The second-order valence-electron chi connectivity index (χ2n) is 9.66. The zero-order chi connectivity index (χ0) is 20.0. The normalized spacial score (nSPS) is 26.7. The minimum atomic E-state index is -1.80. The zero-order valence-corrected chi connectivity index (χ0v) is 19.1. The number of nitrogens with zero attached hydrogens (tertiary/aromatic N) is 2. The fraction of sp³-hybridized carbons (Fsp3) is 0.682. The molecule has 0 radical (unpaired) electrons. The third-order valence-electron chi connectivity index (χ3n) is 7.19. The van der Waals surface area contributed by atoms with E-state index in [2.05, 4.69) is 63.9 Å². The summed E-state index contributed by atoms with van der Waals surface area (Å²) in [5.74, 6) is 0.213. The Morgan fingerprint density at radius 3 is 2.56 bits per heavy atom. The summed E-state index contributed by atoms with van der Waals surface area (Å²) in [7, 11) is 0.112. The molecule has 0 saturated carbocycles. The monoisotopic (exact) mass is 388 g/mol. The van der Waals surface area contributed by atoms with Gasteiger partial charge in [0.25, 0.3) is 5.91 Å². The van der Waals surface area contributed by atoms with Crippen molar-refractivity contribution in [3.63, 3.8) is 0 Å². The van der Waals surface area contributed by atoms with Gasteiger partial charge in [-0.1, -0.05) is 45.9 Å². The number of para-hydroxylation sites is 1. The van der Waals surface area contributed by atoms with Gasteiger partial charge < -0.3 is 9.33 Å². The average molecular weight is 389 g/mol. The van der Waals surface area contributed by atoms with Gasteiger partial charge in [-0.2, -0.15) is 0 Å². The Morgan fingerprint density at radius 2 is 1.93 bits per heavy atom. The topological polar surface area (TPSA) is 32.8 Å². The van der Waals surface area contributed by atoms with E-state index in [1.54, 1.807) is 0 Å². The first-order valence-corrected chi connectivity index (χ1v) is 13.3. The van der Waals surface area contributed by atoms with Crippen LogP contribution in [-0.4, -0.2) is 45.4 Å². The molecule has 0 N–H and O–H groups in total. The van der Waals surface area contributed by atoms with Crippen molar-refractivity contribution in [2.45, 2.75) is 76.7 Å². The number of anilines is 1. The van der Waals surface area contributed by atoms with Crippen molar-refractivity contribution in [3.05, 3.63) is 29.8 Å². The van der Waals surface area contributed by atoms with Crippen LogP contribution in [0.4, 0.5) is 5.69 Å². The second kappa shape index (κ2) is 7.01. The number of likely N-dealkylation sites (tertiary alicyclic amines) is 1. The predicted molar refractivity (Wildman–Crippen MR) is 115 cm³/mol. The van der Waals surface area contributed by atoms with Gasteiger partial charge in [-0.15, -0.1) is 0 Å². The highest BCUT2D eigenvalue weighted by Gasteiger charge is 2.55. The van der Waals surface area contributed by atoms with E-state index < -0.39 is 13.9 Å². The molecule has 1 saturated heterocycles. The van der Waals surface area contributed by atoms with Crippen LogP contribution in [-0.2, 0) is 14.8 Å². The molecule has 0 aromatic heterocycles. The summed E-state index contributed by atoms with van der Waals surface area (Å²) >= 11 is 0. The molecule has 1 aromatic carbocycles. The largest absolute Gasteiger partial charge is 0.415 e. The van der Waals surface area contributed by atoms with Gasteiger partial charge in [0.2, 0.25) is 0 Å². The van der Waals surface area contributed by atoms with Gasteiger partial charge in [0.15, 0.2) is 8.32 Å². The van der Waals surface area contributed by atoms with Crippen molar-refractivity contribution in [1.82, 2.24) is 4.90 Å². The standard InChI is InChI=1S/C22H36N2O2Si/c1-8-22(18-13-9-10-14-19(18)23(5)20(22)25)24-15-11-12-17(24)16-26-27(6,7)21(2,3)4/h9-10,13-14,17H,8,11-12,15-16H2,1-7H3. The number of benzene rings is 1. The average Bonchev–Trinajstić information content (AvgIpc) is 3.16. The number of hydrogen-bond acceptors (Lipinski definition) is 3. The molecule has 2 aliphatic rings. The Labute approximate surface area is 166 Å². The van der Waals surface area contributed by atoms with E-state index in [-0.39, 0.29) is 10.9 Å². The molecule has 2 atom stereocenters. The van der Waals surface area contributed by atoms with Crippen molar-refractivity contribution in [2.75, 3.05) is 25.1 Å². The molecule has 2 unspecified atom stereocenters.